The lowest BCUT2D eigenvalue weighted by atomic mass is 10.1. The molecule has 0 radical (unpaired) electrons. The topological polar surface area (TPSA) is 48.1 Å². The third-order valence-electron chi connectivity index (χ3n) is 2.72. The smallest absolute Gasteiger partial charge is 0.139 e. The summed E-state index contributed by atoms with van der Waals surface area (Å²) < 4.78 is 5.39. The summed E-state index contributed by atoms with van der Waals surface area (Å²) in [5.74, 6) is 0.574. The molecule has 0 amide bonds. The average Bonchev–Trinajstić information content (AvgIpc) is 2.37. The molecular formula is C14H14Cl2N2O. The van der Waals surface area contributed by atoms with Crippen LogP contribution in [0, 0.1) is 6.92 Å². The van der Waals surface area contributed by atoms with Gasteiger partial charge in [0, 0.05) is 11.6 Å². The summed E-state index contributed by atoms with van der Waals surface area (Å²) >= 11 is 12.4. The fourth-order valence-corrected chi connectivity index (χ4v) is 2.18. The molecule has 0 aliphatic heterocycles. The molecule has 1 aromatic carbocycles. The zero-order valence-electron chi connectivity index (χ0n) is 10.7. The number of aryl methyl sites for hydroxylation is 1. The largest absolute Gasteiger partial charge is 0.492 e. The highest BCUT2D eigenvalue weighted by Crippen LogP contribution is 2.36. The van der Waals surface area contributed by atoms with E-state index in [0.29, 0.717) is 28.1 Å². The molecule has 0 bridgehead atoms. The molecule has 2 aromatic rings. The minimum Gasteiger partial charge on any atom is -0.492 e. The number of nitrogen functional groups attached to an aromatic ring is 1. The van der Waals surface area contributed by atoms with E-state index < -0.39 is 0 Å². The van der Waals surface area contributed by atoms with Crippen LogP contribution in [-0.4, -0.2) is 11.6 Å². The lowest BCUT2D eigenvalue weighted by Gasteiger charge is -2.11. The molecule has 0 aliphatic rings. The maximum atomic E-state index is 6.25. The molecule has 0 saturated heterocycles. The molecule has 0 unspecified atom stereocenters. The van der Waals surface area contributed by atoms with Gasteiger partial charge in [-0.15, -0.1) is 0 Å². The number of nitrogens with zero attached hydrogens (tertiary/aromatic N) is 1. The lowest BCUT2D eigenvalue weighted by molar-refractivity contribution is 0.340. The normalized spacial score (nSPS) is 10.5. The minimum absolute atomic E-state index is 0.512. The van der Waals surface area contributed by atoms with E-state index in [1.807, 2.05) is 19.9 Å². The molecule has 0 fully saturated rings. The summed E-state index contributed by atoms with van der Waals surface area (Å²) in [6.07, 6.45) is 0. The first-order valence-electron chi connectivity index (χ1n) is 5.88. The Kier molecular flexibility index (Phi) is 4.17. The van der Waals surface area contributed by atoms with Gasteiger partial charge in [-0.3, -0.25) is 4.98 Å². The summed E-state index contributed by atoms with van der Waals surface area (Å²) in [6, 6.07) is 7.08. The number of halogens is 2. The van der Waals surface area contributed by atoms with Crippen molar-refractivity contribution in [1.82, 2.24) is 4.98 Å². The quantitative estimate of drug-likeness (QED) is 0.916. The van der Waals surface area contributed by atoms with Crippen LogP contribution in [0.2, 0.25) is 10.0 Å². The van der Waals surface area contributed by atoms with Gasteiger partial charge in [0.1, 0.15) is 5.75 Å². The molecule has 100 valence electrons. The van der Waals surface area contributed by atoms with Crippen LogP contribution in [0.3, 0.4) is 0 Å². The van der Waals surface area contributed by atoms with Gasteiger partial charge in [0.25, 0.3) is 0 Å². The molecule has 0 spiro atoms. The van der Waals surface area contributed by atoms with Gasteiger partial charge in [-0.1, -0.05) is 23.2 Å². The van der Waals surface area contributed by atoms with Crippen molar-refractivity contribution < 1.29 is 4.74 Å². The standard InChI is InChI=1S/C14H14Cl2N2O/c1-3-19-14-7-10(15)9(6-11(14)16)13-5-4-12(17)8(2)18-13/h4-7H,3,17H2,1-2H3. The average molecular weight is 297 g/mol. The van der Waals surface area contributed by atoms with Gasteiger partial charge >= 0.3 is 0 Å². The molecule has 2 rings (SSSR count). The summed E-state index contributed by atoms with van der Waals surface area (Å²) in [7, 11) is 0. The fraction of sp³-hybridized carbons (Fsp3) is 0.214. The highest BCUT2D eigenvalue weighted by atomic mass is 35.5. The Bertz CT molecular complexity index is 615. The zero-order chi connectivity index (χ0) is 14.0. The Hall–Kier alpha value is -1.45. The number of benzene rings is 1. The van der Waals surface area contributed by atoms with Crippen LogP contribution >= 0.6 is 23.2 Å². The van der Waals surface area contributed by atoms with E-state index in [4.69, 9.17) is 33.7 Å². The van der Waals surface area contributed by atoms with Crippen molar-refractivity contribution in [3.8, 4) is 17.0 Å². The Labute approximate surface area is 122 Å². The maximum Gasteiger partial charge on any atom is 0.139 e. The van der Waals surface area contributed by atoms with Crippen LogP contribution in [-0.2, 0) is 0 Å². The summed E-state index contributed by atoms with van der Waals surface area (Å²) in [6.45, 7) is 4.28. The fourth-order valence-electron chi connectivity index (χ4n) is 1.71. The number of pyridine rings is 1. The monoisotopic (exact) mass is 296 g/mol. The predicted octanol–water partition coefficient (Wildman–Crippen LogP) is 4.34. The van der Waals surface area contributed by atoms with Gasteiger partial charge in [0.2, 0.25) is 0 Å². The number of ether oxygens (including phenoxy) is 1. The predicted molar refractivity (Wildman–Crippen MR) is 80.0 cm³/mol. The maximum absolute atomic E-state index is 6.25. The molecule has 1 heterocycles. The summed E-state index contributed by atoms with van der Waals surface area (Å²) in [5, 5.41) is 1.06. The van der Waals surface area contributed by atoms with Gasteiger partial charge in [-0.05, 0) is 32.0 Å². The van der Waals surface area contributed by atoms with Crippen molar-refractivity contribution in [2.24, 2.45) is 0 Å². The minimum atomic E-state index is 0.512. The third kappa shape index (κ3) is 2.94. The Morgan fingerprint density at radius 2 is 1.95 bits per heavy atom. The molecule has 1 aromatic heterocycles. The molecule has 19 heavy (non-hydrogen) atoms. The summed E-state index contributed by atoms with van der Waals surface area (Å²) in [4.78, 5) is 4.41. The highest BCUT2D eigenvalue weighted by Gasteiger charge is 2.11. The van der Waals surface area contributed by atoms with E-state index in [1.54, 1.807) is 18.2 Å². The van der Waals surface area contributed by atoms with Crippen LogP contribution in [0.4, 0.5) is 5.69 Å². The second-order valence-corrected chi connectivity index (χ2v) is 4.88. The van der Waals surface area contributed by atoms with Gasteiger partial charge in [0.15, 0.2) is 0 Å². The molecule has 0 atom stereocenters. The van der Waals surface area contributed by atoms with E-state index in [2.05, 4.69) is 4.98 Å². The van der Waals surface area contributed by atoms with Gasteiger partial charge in [-0.25, -0.2) is 0 Å². The number of hydrogen-bond donors (Lipinski definition) is 1. The number of rotatable bonds is 3. The van der Waals surface area contributed by atoms with Gasteiger partial charge in [-0.2, -0.15) is 0 Å². The van der Waals surface area contributed by atoms with Crippen molar-refractivity contribution in [3.05, 3.63) is 40.0 Å². The molecule has 2 N–H and O–H groups in total. The van der Waals surface area contributed by atoms with Crippen LogP contribution in [0.25, 0.3) is 11.3 Å². The molecule has 0 aliphatic carbocycles. The first kappa shape index (κ1) is 14.0. The Morgan fingerprint density at radius 3 is 2.58 bits per heavy atom. The number of aromatic nitrogens is 1. The van der Waals surface area contributed by atoms with Crippen LogP contribution in [0.5, 0.6) is 5.75 Å². The first-order valence-corrected chi connectivity index (χ1v) is 6.64. The third-order valence-corrected chi connectivity index (χ3v) is 3.33. The molecule has 3 nitrogen and oxygen atoms in total. The highest BCUT2D eigenvalue weighted by molar-refractivity contribution is 6.36. The molecular weight excluding hydrogens is 283 g/mol. The number of anilines is 1. The Morgan fingerprint density at radius 1 is 1.21 bits per heavy atom. The van der Waals surface area contributed by atoms with Crippen LogP contribution in [0.15, 0.2) is 24.3 Å². The van der Waals surface area contributed by atoms with Crippen LogP contribution < -0.4 is 10.5 Å². The number of nitrogens with two attached hydrogens (primary N) is 1. The second kappa shape index (κ2) is 5.68. The summed E-state index contributed by atoms with van der Waals surface area (Å²) in [5.41, 5.74) is 8.67. The van der Waals surface area contributed by atoms with Gasteiger partial charge < -0.3 is 10.5 Å². The van der Waals surface area contributed by atoms with E-state index in [-0.39, 0.29) is 0 Å². The molecule has 5 heteroatoms. The van der Waals surface area contributed by atoms with Crippen molar-refractivity contribution in [1.29, 1.82) is 0 Å². The molecule has 0 saturated carbocycles. The van der Waals surface area contributed by atoms with Gasteiger partial charge in [0.05, 0.1) is 33.7 Å². The van der Waals surface area contributed by atoms with Crippen molar-refractivity contribution in [2.75, 3.05) is 12.3 Å². The SMILES string of the molecule is CCOc1cc(Cl)c(-c2ccc(N)c(C)n2)cc1Cl. The lowest BCUT2D eigenvalue weighted by Crippen LogP contribution is -1.96. The van der Waals surface area contributed by atoms with Crippen LogP contribution in [0.1, 0.15) is 12.6 Å². The van der Waals surface area contributed by atoms with E-state index >= 15 is 0 Å². The Balaban J connectivity index is 2.50. The first-order chi connectivity index (χ1) is 9.02. The van der Waals surface area contributed by atoms with E-state index in [1.165, 1.54) is 0 Å². The zero-order valence-corrected chi connectivity index (χ0v) is 12.2. The van der Waals surface area contributed by atoms with E-state index in [9.17, 15) is 0 Å². The van der Waals surface area contributed by atoms with E-state index in [0.717, 1.165) is 17.0 Å². The number of hydrogen-bond acceptors (Lipinski definition) is 3. The van der Waals surface area contributed by atoms with Crippen molar-refractivity contribution in [2.45, 2.75) is 13.8 Å². The van der Waals surface area contributed by atoms with Crippen molar-refractivity contribution in [3.63, 3.8) is 0 Å². The van der Waals surface area contributed by atoms with Crippen molar-refractivity contribution >= 4 is 28.9 Å². The second-order valence-electron chi connectivity index (χ2n) is 4.07.